The van der Waals surface area contributed by atoms with Crippen LogP contribution in [0.2, 0.25) is 10.0 Å². The highest BCUT2D eigenvalue weighted by Crippen LogP contribution is 2.24. The van der Waals surface area contributed by atoms with Gasteiger partial charge in [0, 0.05) is 17.6 Å². The van der Waals surface area contributed by atoms with Crippen LogP contribution in [0.5, 0.6) is 5.75 Å². The van der Waals surface area contributed by atoms with Crippen molar-refractivity contribution < 1.29 is 14.3 Å². The monoisotopic (exact) mass is 528 g/mol. The highest BCUT2D eigenvalue weighted by atomic mass is 79.9. The van der Waals surface area contributed by atoms with E-state index in [0.717, 1.165) is 22.9 Å². The number of halogens is 3. The summed E-state index contributed by atoms with van der Waals surface area (Å²) in [5.41, 5.74) is 0.784. The van der Waals surface area contributed by atoms with Crippen LogP contribution in [-0.2, 0) is 16.1 Å². The molecule has 0 aromatic heterocycles. The highest BCUT2D eigenvalue weighted by molar-refractivity contribution is 9.10. The molecule has 0 spiro atoms. The summed E-state index contributed by atoms with van der Waals surface area (Å²) in [4.78, 5) is 27.5. The van der Waals surface area contributed by atoms with Gasteiger partial charge in [-0.15, -0.1) is 0 Å². The lowest BCUT2D eigenvalue weighted by atomic mass is 10.1. The number of amides is 2. The molecule has 0 heterocycles. The standard InChI is InChI=1S/C23H27BrCl2N2O3/c1-3-5-12-27-23(30)21(4-2)28(14-16-6-11-19(25)20(26)13-16)22(29)15-31-18-9-7-17(24)8-10-18/h6-11,13,21H,3-5,12,14-15H2,1-2H3,(H,27,30). The Morgan fingerprint density at radius 1 is 1.10 bits per heavy atom. The third kappa shape index (κ3) is 8.02. The molecule has 168 valence electrons. The van der Waals surface area contributed by atoms with Gasteiger partial charge in [-0.2, -0.15) is 0 Å². The van der Waals surface area contributed by atoms with Crippen molar-refractivity contribution in [2.45, 2.75) is 45.7 Å². The minimum absolute atomic E-state index is 0.173. The van der Waals surface area contributed by atoms with E-state index in [1.165, 1.54) is 0 Å². The van der Waals surface area contributed by atoms with Gasteiger partial charge in [0.25, 0.3) is 5.91 Å². The third-order valence-electron chi connectivity index (χ3n) is 4.73. The molecular formula is C23H27BrCl2N2O3. The number of rotatable bonds is 11. The van der Waals surface area contributed by atoms with Crippen LogP contribution < -0.4 is 10.1 Å². The van der Waals surface area contributed by atoms with Crippen molar-refractivity contribution in [1.82, 2.24) is 10.2 Å². The minimum atomic E-state index is -0.618. The number of hydrogen-bond donors (Lipinski definition) is 1. The van der Waals surface area contributed by atoms with Crippen LogP contribution in [0.15, 0.2) is 46.9 Å². The van der Waals surface area contributed by atoms with Crippen LogP contribution in [0.3, 0.4) is 0 Å². The lowest BCUT2D eigenvalue weighted by molar-refractivity contribution is -0.143. The zero-order chi connectivity index (χ0) is 22.8. The van der Waals surface area contributed by atoms with Gasteiger partial charge in [-0.1, -0.05) is 65.5 Å². The normalized spacial score (nSPS) is 11.6. The summed E-state index contributed by atoms with van der Waals surface area (Å²) in [7, 11) is 0. The second-order valence-electron chi connectivity index (χ2n) is 7.08. The molecule has 8 heteroatoms. The van der Waals surface area contributed by atoms with Gasteiger partial charge in [0.05, 0.1) is 10.0 Å². The number of nitrogens with zero attached hydrogens (tertiary/aromatic N) is 1. The van der Waals surface area contributed by atoms with Crippen LogP contribution in [-0.4, -0.2) is 35.9 Å². The zero-order valence-electron chi connectivity index (χ0n) is 17.7. The van der Waals surface area contributed by atoms with Crippen molar-refractivity contribution >= 4 is 50.9 Å². The Labute approximate surface area is 202 Å². The first-order valence-corrected chi connectivity index (χ1v) is 11.8. The summed E-state index contributed by atoms with van der Waals surface area (Å²) in [6, 6.07) is 11.8. The number of hydrogen-bond acceptors (Lipinski definition) is 3. The molecule has 31 heavy (non-hydrogen) atoms. The van der Waals surface area contributed by atoms with E-state index < -0.39 is 6.04 Å². The van der Waals surface area contributed by atoms with E-state index in [1.54, 1.807) is 35.2 Å². The molecule has 2 aromatic rings. The predicted octanol–water partition coefficient (Wildman–Crippen LogP) is 5.86. The summed E-state index contributed by atoms with van der Waals surface area (Å²) in [6.07, 6.45) is 2.34. The first-order chi connectivity index (χ1) is 14.8. The fraction of sp³-hybridized carbons (Fsp3) is 0.391. The molecule has 2 rings (SSSR count). The van der Waals surface area contributed by atoms with Gasteiger partial charge < -0.3 is 15.0 Å². The largest absolute Gasteiger partial charge is 0.484 e. The first kappa shape index (κ1) is 25.5. The number of ether oxygens (including phenoxy) is 1. The lowest BCUT2D eigenvalue weighted by Gasteiger charge is -2.30. The molecule has 0 radical (unpaired) electrons. The molecule has 0 saturated heterocycles. The van der Waals surface area contributed by atoms with E-state index in [0.29, 0.717) is 28.8 Å². The van der Waals surface area contributed by atoms with E-state index in [2.05, 4.69) is 28.2 Å². The molecular weight excluding hydrogens is 503 g/mol. The van der Waals surface area contributed by atoms with Gasteiger partial charge in [-0.25, -0.2) is 0 Å². The Morgan fingerprint density at radius 3 is 2.42 bits per heavy atom. The fourth-order valence-electron chi connectivity index (χ4n) is 3.02. The van der Waals surface area contributed by atoms with Gasteiger partial charge in [-0.3, -0.25) is 9.59 Å². The molecule has 0 aliphatic heterocycles. The summed E-state index contributed by atoms with van der Waals surface area (Å²) < 4.78 is 6.59. The van der Waals surface area contributed by atoms with Crippen molar-refractivity contribution in [3.8, 4) is 5.75 Å². The Bertz CT molecular complexity index is 878. The quantitative estimate of drug-likeness (QED) is 0.371. The molecule has 0 saturated carbocycles. The number of nitrogens with one attached hydrogen (secondary N) is 1. The SMILES string of the molecule is CCCCNC(=O)C(CC)N(Cc1ccc(Cl)c(Cl)c1)C(=O)COc1ccc(Br)cc1. The molecule has 5 nitrogen and oxygen atoms in total. The topological polar surface area (TPSA) is 58.6 Å². The molecule has 1 atom stereocenters. The molecule has 0 aliphatic rings. The zero-order valence-corrected chi connectivity index (χ0v) is 20.8. The summed E-state index contributed by atoms with van der Waals surface area (Å²) in [5.74, 6) is 0.117. The maximum Gasteiger partial charge on any atom is 0.261 e. The molecule has 0 aliphatic carbocycles. The van der Waals surface area contributed by atoms with Crippen molar-refractivity contribution in [2.75, 3.05) is 13.2 Å². The molecule has 0 bridgehead atoms. The first-order valence-electron chi connectivity index (χ1n) is 10.2. The second-order valence-corrected chi connectivity index (χ2v) is 8.81. The van der Waals surface area contributed by atoms with E-state index in [-0.39, 0.29) is 25.0 Å². The van der Waals surface area contributed by atoms with Gasteiger partial charge in [0.15, 0.2) is 6.61 Å². The van der Waals surface area contributed by atoms with Gasteiger partial charge >= 0.3 is 0 Å². The van der Waals surface area contributed by atoms with Crippen molar-refractivity contribution in [2.24, 2.45) is 0 Å². The number of carbonyl (C=O) groups is 2. The molecule has 2 amide bonds. The maximum absolute atomic E-state index is 13.1. The Hall–Kier alpha value is -1.76. The van der Waals surface area contributed by atoms with Gasteiger partial charge in [0.2, 0.25) is 5.91 Å². The van der Waals surface area contributed by atoms with E-state index in [1.807, 2.05) is 19.1 Å². The average Bonchev–Trinajstić information content (AvgIpc) is 2.75. The highest BCUT2D eigenvalue weighted by Gasteiger charge is 2.29. The minimum Gasteiger partial charge on any atom is -0.484 e. The molecule has 0 fully saturated rings. The third-order valence-corrected chi connectivity index (χ3v) is 6.00. The summed E-state index contributed by atoms with van der Waals surface area (Å²) in [6.45, 7) is 4.56. The van der Waals surface area contributed by atoms with Crippen LogP contribution in [0.25, 0.3) is 0 Å². The number of carbonyl (C=O) groups excluding carboxylic acids is 2. The van der Waals surface area contributed by atoms with E-state index in [9.17, 15) is 9.59 Å². The molecule has 1 N–H and O–H groups in total. The summed E-state index contributed by atoms with van der Waals surface area (Å²) in [5, 5.41) is 3.77. The maximum atomic E-state index is 13.1. The van der Waals surface area contributed by atoms with E-state index in [4.69, 9.17) is 27.9 Å². The Balaban J connectivity index is 2.19. The van der Waals surface area contributed by atoms with Crippen LogP contribution in [0.1, 0.15) is 38.7 Å². The smallest absolute Gasteiger partial charge is 0.261 e. The van der Waals surface area contributed by atoms with E-state index >= 15 is 0 Å². The average molecular weight is 530 g/mol. The van der Waals surface area contributed by atoms with Gasteiger partial charge in [0.1, 0.15) is 11.8 Å². The van der Waals surface area contributed by atoms with Crippen LogP contribution in [0.4, 0.5) is 0 Å². The lowest BCUT2D eigenvalue weighted by Crippen LogP contribution is -2.50. The van der Waals surface area contributed by atoms with Crippen LogP contribution in [0, 0.1) is 0 Å². The Kier molecular flexibility index (Phi) is 10.6. The van der Waals surface area contributed by atoms with Crippen molar-refractivity contribution in [3.05, 3.63) is 62.5 Å². The molecule has 1 unspecified atom stereocenters. The van der Waals surface area contributed by atoms with Crippen molar-refractivity contribution in [1.29, 1.82) is 0 Å². The van der Waals surface area contributed by atoms with Crippen molar-refractivity contribution in [3.63, 3.8) is 0 Å². The van der Waals surface area contributed by atoms with Crippen LogP contribution >= 0.6 is 39.1 Å². The fourth-order valence-corrected chi connectivity index (χ4v) is 3.60. The Morgan fingerprint density at radius 2 is 1.81 bits per heavy atom. The predicted molar refractivity (Wildman–Crippen MR) is 129 cm³/mol. The second kappa shape index (κ2) is 12.9. The van der Waals surface area contributed by atoms with Gasteiger partial charge in [-0.05, 0) is 54.8 Å². The number of unbranched alkanes of at least 4 members (excludes halogenated alkanes) is 1. The summed E-state index contributed by atoms with van der Waals surface area (Å²) >= 11 is 15.5. The number of benzene rings is 2. The molecule has 2 aromatic carbocycles.